The van der Waals surface area contributed by atoms with Crippen LogP contribution in [0.1, 0.15) is 59.8 Å². The monoisotopic (exact) mass is 339 g/mol. The van der Waals surface area contributed by atoms with Gasteiger partial charge in [0.1, 0.15) is 6.10 Å². The lowest BCUT2D eigenvalue weighted by Crippen LogP contribution is -2.24. The standard InChI is InChI=1S/C23H33NO/c1-16(2)24-12-7-13-25-23(21-10-8-17(3)9-11-21)22-19(5)14-18(4)15-20(22)6/h8-11,14-16,23-24H,7,12-13H2,1-6H3. The average Bonchev–Trinajstić information content (AvgIpc) is 2.52. The van der Waals surface area contributed by atoms with Gasteiger partial charge in [-0.3, -0.25) is 0 Å². The quantitative estimate of drug-likeness (QED) is 0.649. The van der Waals surface area contributed by atoms with Gasteiger partial charge in [0.25, 0.3) is 0 Å². The summed E-state index contributed by atoms with van der Waals surface area (Å²) in [6, 6.07) is 13.8. The van der Waals surface area contributed by atoms with E-state index < -0.39 is 0 Å². The first-order valence-electron chi connectivity index (χ1n) is 9.37. The predicted octanol–water partition coefficient (Wildman–Crippen LogP) is 5.41. The smallest absolute Gasteiger partial charge is 0.108 e. The normalized spacial score (nSPS) is 12.6. The first kappa shape index (κ1) is 19.7. The van der Waals surface area contributed by atoms with Gasteiger partial charge in [0.2, 0.25) is 0 Å². The van der Waals surface area contributed by atoms with Crippen molar-refractivity contribution in [3.8, 4) is 0 Å². The van der Waals surface area contributed by atoms with E-state index in [0.717, 1.165) is 19.6 Å². The van der Waals surface area contributed by atoms with Gasteiger partial charge in [-0.05, 0) is 62.9 Å². The van der Waals surface area contributed by atoms with Crippen molar-refractivity contribution in [2.75, 3.05) is 13.2 Å². The van der Waals surface area contributed by atoms with E-state index in [0.29, 0.717) is 6.04 Å². The van der Waals surface area contributed by atoms with Gasteiger partial charge >= 0.3 is 0 Å². The molecule has 2 aromatic carbocycles. The summed E-state index contributed by atoms with van der Waals surface area (Å²) in [7, 11) is 0. The summed E-state index contributed by atoms with van der Waals surface area (Å²) < 4.78 is 6.40. The summed E-state index contributed by atoms with van der Waals surface area (Å²) in [5, 5.41) is 3.46. The Morgan fingerprint density at radius 3 is 2.04 bits per heavy atom. The number of nitrogens with one attached hydrogen (secondary N) is 1. The van der Waals surface area contributed by atoms with Crippen LogP contribution in [0.15, 0.2) is 36.4 Å². The average molecular weight is 340 g/mol. The molecule has 0 fully saturated rings. The zero-order valence-electron chi connectivity index (χ0n) is 16.6. The largest absolute Gasteiger partial charge is 0.369 e. The molecule has 0 aromatic heterocycles. The van der Waals surface area contributed by atoms with Gasteiger partial charge in [0.15, 0.2) is 0 Å². The number of rotatable bonds is 8. The molecule has 0 bridgehead atoms. The number of ether oxygens (including phenoxy) is 1. The maximum atomic E-state index is 6.40. The Labute approximate surface area is 153 Å². The highest BCUT2D eigenvalue weighted by atomic mass is 16.5. The Morgan fingerprint density at radius 2 is 1.48 bits per heavy atom. The second-order valence-electron chi connectivity index (χ2n) is 7.44. The Morgan fingerprint density at radius 1 is 0.880 bits per heavy atom. The van der Waals surface area contributed by atoms with E-state index in [1.165, 1.54) is 33.4 Å². The molecule has 25 heavy (non-hydrogen) atoms. The zero-order valence-corrected chi connectivity index (χ0v) is 16.6. The predicted molar refractivity (Wildman–Crippen MR) is 107 cm³/mol. The van der Waals surface area contributed by atoms with Gasteiger partial charge in [-0.15, -0.1) is 0 Å². The third-order valence-electron chi connectivity index (χ3n) is 4.54. The molecule has 0 saturated carbocycles. The van der Waals surface area contributed by atoms with Gasteiger partial charge in [-0.25, -0.2) is 0 Å². The summed E-state index contributed by atoms with van der Waals surface area (Å²) in [4.78, 5) is 0. The van der Waals surface area contributed by atoms with Crippen molar-refractivity contribution in [3.63, 3.8) is 0 Å². The lowest BCUT2D eigenvalue weighted by atomic mass is 9.91. The Balaban J connectivity index is 2.22. The fourth-order valence-corrected chi connectivity index (χ4v) is 3.36. The second kappa shape index (κ2) is 9.17. The molecule has 136 valence electrons. The second-order valence-corrected chi connectivity index (χ2v) is 7.44. The molecule has 2 aromatic rings. The Bertz CT molecular complexity index is 650. The van der Waals surface area contributed by atoms with E-state index in [1.54, 1.807) is 0 Å². The minimum atomic E-state index is 0.000231. The van der Waals surface area contributed by atoms with E-state index in [1.807, 2.05) is 0 Å². The van der Waals surface area contributed by atoms with Crippen LogP contribution in [-0.2, 0) is 4.74 Å². The number of hydrogen-bond donors (Lipinski definition) is 1. The van der Waals surface area contributed by atoms with E-state index >= 15 is 0 Å². The summed E-state index contributed by atoms with van der Waals surface area (Å²) in [5.41, 5.74) is 7.75. The summed E-state index contributed by atoms with van der Waals surface area (Å²) in [5.74, 6) is 0. The van der Waals surface area contributed by atoms with Crippen molar-refractivity contribution < 1.29 is 4.74 Å². The highest BCUT2D eigenvalue weighted by Crippen LogP contribution is 2.32. The SMILES string of the molecule is Cc1ccc(C(OCCCNC(C)C)c2c(C)cc(C)cc2C)cc1. The Kier molecular flexibility index (Phi) is 7.22. The Hall–Kier alpha value is -1.64. The molecule has 0 heterocycles. The molecule has 2 heteroatoms. The number of hydrogen-bond acceptors (Lipinski definition) is 2. The molecule has 0 amide bonds. The van der Waals surface area contributed by atoms with Gasteiger partial charge < -0.3 is 10.1 Å². The molecule has 1 atom stereocenters. The topological polar surface area (TPSA) is 21.3 Å². The lowest BCUT2D eigenvalue weighted by molar-refractivity contribution is 0.0772. The summed E-state index contributed by atoms with van der Waals surface area (Å²) >= 11 is 0. The molecule has 2 rings (SSSR count). The molecule has 0 spiro atoms. The number of benzene rings is 2. The lowest BCUT2D eigenvalue weighted by Gasteiger charge is -2.24. The van der Waals surface area contributed by atoms with Crippen LogP contribution in [0.4, 0.5) is 0 Å². The van der Waals surface area contributed by atoms with Crippen LogP contribution in [0.2, 0.25) is 0 Å². The van der Waals surface area contributed by atoms with Gasteiger partial charge in [-0.2, -0.15) is 0 Å². The molecule has 1 unspecified atom stereocenters. The van der Waals surface area contributed by atoms with Crippen LogP contribution in [0, 0.1) is 27.7 Å². The minimum absolute atomic E-state index is 0.000231. The third kappa shape index (κ3) is 5.69. The number of aryl methyl sites for hydroxylation is 4. The van der Waals surface area contributed by atoms with Gasteiger partial charge in [-0.1, -0.05) is 61.4 Å². The molecule has 0 aliphatic carbocycles. The molecule has 0 radical (unpaired) electrons. The van der Waals surface area contributed by atoms with Crippen LogP contribution in [0.5, 0.6) is 0 Å². The van der Waals surface area contributed by atoms with Crippen molar-refractivity contribution in [2.45, 2.75) is 60.1 Å². The van der Waals surface area contributed by atoms with Crippen molar-refractivity contribution in [1.82, 2.24) is 5.32 Å². The molecule has 1 N–H and O–H groups in total. The first-order valence-corrected chi connectivity index (χ1v) is 9.37. The van der Waals surface area contributed by atoms with Crippen molar-refractivity contribution in [1.29, 1.82) is 0 Å². The van der Waals surface area contributed by atoms with E-state index in [9.17, 15) is 0 Å². The summed E-state index contributed by atoms with van der Waals surface area (Å²) in [6.45, 7) is 14.8. The molecule has 0 aliphatic rings. The summed E-state index contributed by atoms with van der Waals surface area (Å²) in [6.07, 6.45) is 1.02. The van der Waals surface area contributed by atoms with Crippen molar-refractivity contribution in [2.24, 2.45) is 0 Å². The maximum absolute atomic E-state index is 6.40. The zero-order chi connectivity index (χ0) is 18.4. The highest BCUT2D eigenvalue weighted by Gasteiger charge is 2.19. The fourth-order valence-electron chi connectivity index (χ4n) is 3.36. The third-order valence-corrected chi connectivity index (χ3v) is 4.54. The van der Waals surface area contributed by atoms with Crippen LogP contribution < -0.4 is 5.32 Å². The fraction of sp³-hybridized carbons (Fsp3) is 0.478. The molecular weight excluding hydrogens is 306 g/mol. The van der Waals surface area contributed by atoms with E-state index in [-0.39, 0.29) is 6.10 Å². The molecule has 0 saturated heterocycles. The minimum Gasteiger partial charge on any atom is -0.369 e. The van der Waals surface area contributed by atoms with Gasteiger partial charge in [0, 0.05) is 12.6 Å². The maximum Gasteiger partial charge on any atom is 0.108 e. The van der Waals surface area contributed by atoms with Crippen LogP contribution in [0.3, 0.4) is 0 Å². The van der Waals surface area contributed by atoms with Crippen LogP contribution in [-0.4, -0.2) is 19.2 Å². The van der Waals surface area contributed by atoms with Crippen molar-refractivity contribution in [3.05, 3.63) is 69.8 Å². The van der Waals surface area contributed by atoms with Gasteiger partial charge in [0.05, 0.1) is 0 Å². The molecular formula is C23H33NO. The van der Waals surface area contributed by atoms with E-state index in [4.69, 9.17) is 4.74 Å². The van der Waals surface area contributed by atoms with Crippen LogP contribution in [0.25, 0.3) is 0 Å². The highest BCUT2D eigenvalue weighted by molar-refractivity contribution is 5.43. The molecule has 2 nitrogen and oxygen atoms in total. The van der Waals surface area contributed by atoms with E-state index in [2.05, 4.69) is 83.3 Å². The molecule has 0 aliphatic heterocycles. The van der Waals surface area contributed by atoms with Crippen molar-refractivity contribution >= 4 is 0 Å². The first-order chi connectivity index (χ1) is 11.9. The van der Waals surface area contributed by atoms with Crippen LogP contribution >= 0.6 is 0 Å².